The minimum absolute atomic E-state index is 0.232. The Labute approximate surface area is 159 Å². The molecule has 0 heterocycles. The largest absolute Gasteiger partial charge is 0.496 e. The van der Waals surface area contributed by atoms with Gasteiger partial charge in [-0.2, -0.15) is 0 Å². The van der Waals surface area contributed by atoms with Gasteiger partial charge in [0.1, 0.15) is 23.9 Å². The third kappa shape index (κ3) is 5.50. The van der Waals surface area contributed by atoms with Crippen molar-refractivity contribution in [3.05, 3.63) is 59.7 Å². The number of nitrogens with one attached hydrogen (secondary N) is 2. The number of halogens is 2. The topological polar surface area (TPSA) is 93.7 Å². The van der Waals surface area contributed by atoms with Crippen LogP contribution in [0.2, 0.25) is 0 Å². The summed E-state index contributed by atoms with van der Waals surface area (Å²) in [6.45, 7) is 0.788. The number of anilines is 1. The molecule has 0 saturated heterocycles. The van der Waals surface area contributed by atoms with Gasteiger partial charge in [0.15, 0.2) is 6.10 Å². The number of para-hydroxylation sites is 1. The first-order chi connectivity index (χ1) is 13.3. The van der Waals surface area contributed by atoms with E-state index in [1.165, 1.54) is 20.1 Å². The molecular weight excluding hydrogens is 374 g/mol. The molecule has 0 bridgehead atoms. The van der Waals surface area contributed by atoms with Gasteiger partial charge in [0.05, 0.1) is 18.4 Å². The lowest BCUT2D eigenvalue weighted by molar-refractivity contribution is -0.152. The Bertz CT molecular complexity index is 888. The fourth-order valence-electron chi connectivity index (χ4n) is 2.20. The van der Waals surface area contributed by atoms with Gasteiger partial charge in [-0.25, -0.2) is 8.78 Å². The molecule has 0 aliphatic rings. The molecular formula is C19H18F2N2O5. The zero-order valence-electron chi connectivity index (χ0n) is 15.1. The Morgan fingerprint density at radius 3 is 2.50 bits per heavy atom. The van der Waals surface area contributed by atoms with Crippen molar-refractivity contribution in [2.75, 3.05) is 19.0 Å². The Morgan fingerprint density at radius 1 is 1.11 bits per heavy atom. The summed E-state index contributed by atoms with van der Waals surface area (Å²) in [7, 11) is 1.41. The Morgan fingerprint density at radius 2 is 1.82 bits per heavy atom. The van der Waals surface area contributed by atoms with Gasteiger partial charge in [0.25, 0.3) is 11.8 Å². The van der Waals surface area contributed by atoms with E-state index < -0.39 is 42.1 Å². The molecule has 2 aromatic rings. The van der Waals surface area contributed by atoms with E-state index in [2.05, 4.69) is 10.6 Å². The molecule has 2 N–H and O–H groups in total. The average molecular weight is 392 g/mol. The van der Waals surface area contributed by atoms with Crippen LogP contribution >= 0.6 is 0 Å². The summed E-state index contributed by atoms with van der Waals surface area (Å²) < 4.78 is 36.4. The number of carbonyl (C=O) groups excluding carboxylic acids is 3. The zero-order chi connectivity index (χ0) is 20.7. The SMILES string of the molecule is COc1ccccc1C(=O)NCC(=O)O[C@H](C)C(=O)Nc1ccc(F)cc1F. The average Bonchev–Trinajstić information content (AvgIpc) is 2.68. The molecule has 0 saturated carbocycles. The van der Waals surface area contributed by atoms with E-state index in [1.54, 1.807) is 18.2 Å². The number of benzene rings is 2. The lowest BCUT2D eigenvalue weighted by atomic mass is 10.2. The second-order valence-corrected chi connectivity index (χ2v) is 5.63. The smallest absolute Gasteiger partial charge is 0.326 e. The van der Waals surface area contributed by atoms with Gasteiger partial charge >= 0.3 is 5.97 Å². The van der Waals surface area contributed by atoms with E-state index >= 15 is 0 Å². The first-order valence-electron chi connectivity index (χ1n) is 8.18. The van der Waals surface area contributed by atoms with Gasteiger partial charge in [-0.3, -0.25) is 14.4 Å². The number of amides is 2. The predicted molar refractivity (Wildman–Crippen MR) is 95.9 cm³/mol. The van der Waals surface area contributed by atoms with E-state index in [0.717, 1.165) is 12.1 Å². The van der Waals surface area contributed by atoms with Gasteiger partial charge in [0, 0.05) is 6.07 Å². The zero-order valence-corrected chi connectivity index (χ0v) is 15.1. The number of rotatable bonds is 7. The van der Waals surface area contributed by atoms with Crippen LogP contribution < -0.4 is 15.4 Å². The van der Waals surface area contributed by atoms with Crippen LogP contribution in [-0.2, 0) is 14.3 Å². The van der Waals surface area contributed by atoms with Crippen LogP contribution in [-0.4, -0.2) is 37.5 Å². The fourth-order valence-corrected chi connectivity index (χ4v) is 2.20. The molecule has 1 atom stereocenters. The van der Waals surface area contributed by atoms with E-state index in [9.17, 15) is 23.2 Å². The molecule has 148 valence electrons. The van der Waals surface area contributed by atoms with Gasteiger partial charge in [-0.15, -0.1) is 0 Å². The maximum Gasteiger partial charge on any atom is 0.326 e. The normalized spacial score (nSPS) is 11.3. The van der Waals surface area contributed by atoms with E-state index in [0.29, 0.717) is 11.8 Å². The first-order valence-corrected chi connectivity index (χ1v) is 8.18. The highest BCUT2D eigenvalue weighted by Crippen LogP contribution is 2.17. The molecule has 0 aliphatic heterocycles. The molecule has 2 rings (SSSR count). The van der Waals surface area contributed by atoms with Crippen molar-refractivity contribution in [3.8, 4) is 5.75 Å². The Kier molecular flexibility index (Phi) is 7.02. The number of hydrogen-bond donors (Lipinski definition) is 2. The predicted octanol–water partition coefficient (Wildman–Crippen LogP) is 2.27. The highest BCUT2D eigenvalue weighted by molar-refractivity contribution is 5.99. The third-order valence-electron chi connectivity index (χ3n) is 3.61. The highest BCUT2D eigenvalue weighted by Gasteiger charge is 2.20. The maximum atomic E-state index is 13.5. The number of methoxy groups -OCH3 is 1. The van der Waals surface area contributed by atoms with Crippen LogP contribution in [0.1, 0.15) is 17.3 Å². The van der Waals surface area contributed by atoms with Gasteiger partial charge < -0.3 is 20.1 Å². The molecule has 28 heavy (non-hydrogen) atoms. The summed E-state index contributed by atoms with van der Waals surface area (Å²) in [5.41, 5.74) is -0.0193. The number of hydrogen-bond acceptors (Lipinski definition) is 5. The maximum absolute atomic E-state index is 13.5. The highest BCUT2D eigenvalue weighted by atomic mass is 19.1. The lowest BCUT2D eigenvalue weighted by Crippen LogP contribution is -2.36. The second-order valence-electron chi connectivity index (χ2n) is 5.63. The summed E-state index contributed by atoms with van der Waals surface area (Å²) >= 11 is 0. The molecule has 2 aromatic carbocycles. The number of carbonyl (C=O) groups is 3. The van der Waals surface area contributed by atoms with Crippen molar-refractivity contribution >= 4 is 23.5 Å². The number of esters is 1. The quantitative estimate of drug-likeness (QED) is 0.705. The van der Waals surface area contributed by atoms with Crippen molar-refractivity contribution < 1.29 is 32.6 Å². The van der Waals surface area contributed by atoms with Crippen molar-refractivity contribution in [1.29, 1.82) is 0 Å². The van der Waals surface area contributed by atoms with Crippen LogP contribution in [0.15, 0.2) is 42.5 Å². The molecule has 0 fully saturated rings. The minimum Gasteiger partial charge on any atom is -0.496 e. The fraction of sp³-hybridized carbons (Fsp3) is 0.211. The standard InChI is InChI=1S/C19H18F2N2O5/c1-11(18(25)23-15-8-7-12(20)9-14(15)21)28-17(24)10-22-19(26)13-5-3-4-6-16(13)27-2/h3-9,11H,10H2,1-2H3,(H,22,26)(H,23,25)/t11-/m1/s1. The van der Waals surface area contributed by atoms with Crippen molar-refractivity contribution in [3.63, 3.8) is 0 Å². The molecule has 2 amide bonds. The van der Waals surface area contributed by atoms with E-state index in [4.69, 9.17) is 9.47 Å². The van der Waals surface area contributed by atoms with Crippen LogP contribution in [0.5, 0.6) is 5.75 Å². The molecule has 9 heteroatoms. The van der Waals surface area contributed by atoms with Crippen LogP contribution in [0.25, 0.3) is 0 Å². The van der Waals surface area contributed by atoms with E-state index in [-0.39, 0.29) is 11.3 Å². The van der Waals surface area contributed by atoms with Crippen LogP contribution in [0, 0.1) is 11.6 Å². The van der Waals surface area contributed by atoms with Crippen molar-refractivity contribution in [1.82, 2.24) is 5.32 Å². The molecule has 0 aliphatic carbocycles. The first kappa shape index (κ1) is 20.8. The van der Waals surface area contributed by atoms with Crippen molar-refractivity contribution in [2.45, 2.75) is 13.0 Å². The molecule has 0 spiro atoms. The number of ether oxygens (including phenoxy) is 2. The van der Waals surface area contributed by atoms with Gasteiger partial charge in [-0.1, -0.05) is 12.1 Å². The third-order valence-corrected chi connectivity index (χ3v) is 3.61. The molecule has 0 aromatic heterocycles. The Balaban J connectivity index is 1.86. The van der Waals surface area contributed by atoms with Gasteiger partial charge in [-0.05, 0) is 31.2 Å². The summed E-state index contributed by atoms with van der Waals surface area (Å²) in [5, 5.41) is 4.54. The van der Waals surface area contributed by atoms with Gasteiger partial charge in [0.2, 0.25) is 0 Å². The second kappa shape index (κ2) is 9.45. The summed E-state index contributed by atoms with van der Waals surface area (Å²) in [6, 6.07) is 9.07. The summed E-state index contributed by atoms with van der Waals surface area (Å²) in [6.07, 6.45) is -1.26. The molecule has 0 radical (unpaired) electrons. The minimum atomic E-state index is -1.26. The molecule has 7 nitrogen and oxygen atoms in total. The summed E-state index contributed by atoms with van der Waals surface area (Å²) in [4.78, 5) is 35.9. The lowest BCUT2D eigenvalue weighted by Gasteiger charge is -2.14. The summed E-state index contributed by atoms with van der Waals surface area (Å²) in [5.74, 6) is -3.65. The van der Waals surface area contributed by atoms with Crippen LogP contribution in [0.4, 0.5) is 14.5 Å². The monoisotopic (exact) mass is 392 g/mol. The van der Waals surface area contributed by atoms with Crippen LogP contribution in [0.3, 0.4) is 0 Å². The Hall–Kier alpha value is -3.49. The molecule has 0 unspecified atom stereocenters. The van der Waals surface area contributed by atoms with E-state index in [1.807, 2.05) is 0 Å². The van der Waals surface area contributed by atoms with Crippen molar-refractivity contribution in [2.24, 2.45) is 0 Å².